The minimum atomic E-state index is 0.0182. The largest absolute Gasteiger partial charge is 0.117 e. The van der Waals surface area contributed by atoms with Gasteiger partial charge in [-0.05, 0) is 43.0 Å². The molecule has 94 valence electrons. The van der Waals surface area contributed by atoms with Crippen molar-refractivity contribution in [1.82, 2.24) is 0 Å². The lowest BCUT2D eigenvalue weighted by Crippen LogP contribution is -1.96. The Morgan fingerprint density at radius 3 is 2.33 bits per heavy atom. The van der Waals surface area contributed by atoms with E-state index in [-0.39, 0.29) is 5.38 Å². The lowest BCUT2D eigenvalue weighted by molar-refractivity contribution is 0.917. The molecule has 2 rings (SSSR count). The van der Waals surface area contributed by atoms with Gasteiger partial charge >= 0.3 is 0 Å². The number of hydrogen-bond donors (Lipinski definition) is 0. The molecule has 2 heteroatoms. The molecule has 0 aliphatic rings. The summed E-state index contributed by atoms with van der Waals surface area (Å²) in [4.78, 5) is 0. The molecule has 1 atom stereocenters. The second-order valence-electron chi connectivity index (χ2n) is 4.67. The molecule has 18 heavy (non-hydrogen) atoms. The van der Waals surface area contributed by atoms with Crippen LogP contribution in [0, 0.1) is 13.8 Å². The Kier molecular flexibility index (Phi) is 4.47. The van der Waals surface area contributed by atoms with Crippen LogP contribution in [0.1, 0.15) is 27.6 Å². The van der Waals surface area contributed by atoms with Gasteiger partial charge in [-0.3, -0.25) is 0 Å². The molecule has 0 aliphatic heterocycles. The van der Waals surface area contributed by atoms with E-state index in [2.05, 4.69) is 72.2 Å². The first-order chi connectivity index (χ1) is 8.56. The summed E-state index contributed by atoms with van der Waals surface area (Å²) in [6.45, 7) is 4.18. The smallest absolute Gasteiger partial charge is 0.0625 e. The minimum absolute atomic E-state index is 0.0182. The number of benzene rings is 2. The van der Waals surface area contributed by atoms with Crippen LogP contribution in [0.3, 0.4) is 0 Å². The van der Waals surface area contributed by atoms with Crippen LogP contribution in [0.4, 0.5) is 0 Å². The molecule has 2 aromatic rings. The van der Waals surface area contributed by atoms with Crippen molar-refractivity contribution in [1.29, 1.82) is 0 Å². The van der Waals surface area contributed by atoms with E-state index in [0.29, 0.717) is 0 Å². The molecule has 0 radical (unpaired) electrons. The Hall–Kier alpha value is -0.790. The number of hydrogen-bond acceptors (Lipinski definition) is 0. The predicted octanol–water partition coefficient (Wildman–Crippen LogP) is 5.59. The topological polar surface area (TPSA) is 0 Å². The third kappa shape index (κ3) is 3.37. The number of halogens is 2. The summed E-state index contributed by atoms with van der Waals surface area (Å²) in [6.07, 6.45) is 0.858. The van der Waals surface area contributed by atoms with Gasteiger partial charge in [0, 0.05) is 4.47 Å². The SMILES string of the molecule is Cc1ccc(CC(Cl)c2ccc(C)c(Br)c2)cc1. The van der Waals surface area contributed by atoms with Gasteiger partial charge in [0.1, 0.15) is 0 Å². The van der Waals surface area contributed by atoms with E-state index in [0.717, 1.165) is 16.5 Å². The van der Waals surface area contributed by atoms with Crippen LogP contribution in [-0.2, 0) is 6.42 Å². The van der Waals surface area contributed by atoms with Crippen molar-refractivity contribution in [2.45, 2.75) is 25.6 Å². The predicted molar refractivity (Wildman–Crippen MR) is 82.4 cm³/mol. The fraction of sp³-hybridized carbons (Fsp3) is 0.250. The van der Waals surface area contributed by atoms with E-state index in [1.807, 2.05) is 0 Å². The molecular formula is C16H16BrCl. The third-order valence-electron chi connectivity index (χ3n) is 3.09. The number of alkyl halides is 1. The van der Waals surface area contributed by atoms with Gasteiger partial charge in [0.15, 0.2) is 0 Å². The first-order valence-electron chi connectivity index (χ1n) is 6.02. The molecule has 0 bridgehead atoms. The standard InChI is InChI=1S/C16H16BrCl/c1-11-3-6-13(7-4-11)9-16(18)14-8-5-12(2)15(17)10-14/h3-8,10,16H,9H2,1-2H3. The average Bonchev–Trinajstić information content (AvgIpc) is 2.35. The quantitative estimate of drug-likeness (QED) is 0.646. The van der Waals surface area contributed by atoms with Crippen LogP contribution in [0.2, 0.25) is 0 Å². The monoisotopic (exact) mass is 322 g/mol. The van der Waals surface area contributed by atoms with E-state index in [9.17, 15) is 0 Å². The summed E-state index contributed by atoms with van der Waals surface area (Å²) in [5.74, 6) is 0. The van der Waals surface area contributed by atoms with Crippen LogP contribution < -0.4 is 0 Å². The maximum Gasteiger partial charge on any atom is 0.0625 e. The molecule has 2 aromatic carbocycles. The number of aryl methyl sites for hydroxylation is 2. The van der Waals surface area contributed by atoms with Crippen molar-refractivity contribution in [2.75, 3.05) is 0 Å². The van der Waals surface area contributed by atoms with Crippen LogP contribution in [0.15, 0.2) is 46.9 Å². The van der Waals surface area contributed by atoms with Crippen LogP contribution >= 0.6 is 27.5 Å². The Morgan fingerprint density at radius 1 is 1.06 bits per heavy atom. The Bertz CT molecular complexity index is 531. The fourth-order valence-electron chi connectivity index (χ4n) is 1.85. The van der Waals surface area contributed by atoms with Crippen molar-refractivity contribution in [3.05, 3.63) is 69.2 Å². The Labute approximate surface area is 122 Å². The highest BCUT2D eigenvalue weighted by molar-refractivity contribution is 9.10. The van der Waals surface area contributed by atoms with E-state index in [1.54, 1.807) is 0 Å². The normalized spacial score (nSPS) is 12.4. The highest BCUT2D eigenvalue weighted by Gasteiger charge is 2.10. The van der Waals surface area contributed by atoms with Gasteiger partial charge in [0.05, 0.1) is 5.38 Å². The summed E-state index contributed by atoms with van der Waals surface area (Å²) in [5, 5.41) is 0.0182. The molecule has 0 fully saturated rings. The number of rotatable bonds is 3. The lowest BCUT2D eigenvalue weighted by Gasteiger charge is -2.11. The van der Waals surface area contributed by atoms with E-state index < -0.39 is 0 Å². The van der Waals surface area contributed by atoms with Gasteiger partial charge in [-0.2, -0.15) is 0 Å². The van der Waals surface area contributed by atoms with Crippen LogP contribution in [0.25, 0.3) is 0 Å². The molecule has 1 unspecified atom stereocenters. The second kappa shape index (κ2) is 5.90. The zero-order valence-corrected chi connectivity index (χ0v) is 12.9. The van der Waals surface area contributed by atoms with Gasteiger partial charge in [-0.1, -0.05) is 57.9 Å². The molecule has 0 aliphatic carbocycles. The minimum Gasteiger partial charge on any atom is -0.117 e. The van der Waals surface area contributed by atoms with Crippen molar-refractivity contribution >= 4 is 27.5 Å². The van der Waals surface area contributed by atoms with E-state index >= 15 is 0 Å². The molecule has 0 aromatic heterocycles. The zero-order chi connectivity index (χ0) is 13.1. The Balaban J connectivity index is 2.13. The second-order valence-corrected chi connectivity index (χ2v) is 6.05. The van der Waals surface area contributed by atoms with Gasteiger partial charge < -0.3 is 0 Å². The van der Waals surface area contributed by atoms with Crippen LogP contribution in [0.5, 0.6) is 0 Å². The maximum absolute atomic E-state index is 6.48. The third-order valence-corrected chi connectivity index (χ3v) is 4.35. The molecular weight excluding hydrogens is 308 g/mol. The molecule has 0 amide bonds. The first-order valence-corrected chi connectivity index (χ1v) is 7.25. The zero-order valence-electron chi connectivity index (χ0n) is 10.6. The van der Waals surface area contributed by atoms with Crippen molar-refractivity contribution in [3.63, 3.8) is 0 Å². The fourth-order valence-corrected chi connectivity index (χ4v) is 2.56. The summed E-state index contributed by atoms with van der Waals surface area (Å²) in [5.41, 5.74) is 4.95. The summed E-state index contributed by atoms with van der Waals surface area (Å²) >= 11 is 10.0. The summed E-state index contributed by atoms with van der Waals surface area (Å²) in [7, 11) is 0. The highest BCUT2D eigenvalue weighted by Crippen LogP contribution is 2.28. The summed E-state index contributed by atoms with van der Waals surface area (Å²) in [6, 6.07) is 14.9. The van der Waals surface area contributed by atoms with Crippen molar-refractivity contribution in [2.24, 2.45) is 0 Å². The van der Waals surface area contributed by atoms with Crippen molar-refractivity contribution in [3.8, 4) is 0 Å². The van der Waals surface area contributed by atoms with Gasteiger partial charge in [-0.25, -0.2) is 0 Å². The first kappa shape index (κ1) is 13.6. The van der Waals surface area contributed by atoms with Gasteiger partial charge in [-0.15, -0.1) is 11.6 Å². The molecule has 0 saturated carbocycles. The van der Waals surface area contributed by atoms with Crippen molar-refractivity contribution < 1.29 is 0 Å². The average molecular weight is 324 g/mol. The molecule has 0 spiro atoms. The lowest BCUT2D eigenvalue weighted by atomic mass is 10.0. The van der Waals surface area contributed by atoms with E-state index in [1.165, 1.54) is 16.7 Å². The highest BCUT2D eigenvalue weighted by atomic mass is 79.9. The molecule has 0 heterocycles. The van der Waals surface area contributed by atoms with Gasteiger partial charge in [0.2, 0.25) is 0 Å². The van der Waals surface area contributed by atoms with E-state index in [4.69, 9.17) is 11.6 Å². The molecule has 0 saturated heterocycles. The summed E-state index contributed by atoms with van der Waals surface area (Å²) < 4.78 is 1.12. The molecule has 0 nitrogen and oxygen atoms in total. The Morgan fingerprint density at radius 2 is 1.72 bits per heavy atom. The maximum atomic E-state index is 6.48. The molecule has 0 N–H and O–H groups in total. The van der Waals surface area contributed by atoms with Gasteiger partial charge in [0.25, 0.3) is 0 Å². The van der Waals surface area contributed by atoms with Crippen LogP contribution in [-0.4, -0.2) is 0 Å².